The maximum Gasteiger partial charge on any atom is 0.338 e. The maximum absolute atomic E-state index is 12.2. The summed E-state index contributed by atoms with van der Waals surface area (Å²) in [6.45, 7) is 3.37. The summed E-state index contributed by atoms with van der Waals surface area (Å²) in [6, 6.07) is 13.9. The average molecular weight is 406 g/mol. The van der Waals surface area contributed by atoms with Gasteiger partial charge in [-0.15, -0.1) is 0 Å². The second kappa shape index (κ2) is 9.08. The van der Waals surface area contributed by atoms with Gasteiger partial charge >= 0.3 is 5.97 Å². The number of ether oxygens (including phenoxy) is 1. The number of carbonyl (C=O) groups excluding carboxylic acids is 2. The molecule has 0 spiro atoms. The molecule has 1 heterocycles. The predicted octanol–water partition coefficient (Wildman–Crippen LogP) is 3.86. The highest BCUT2D eigenvalue weighted by Crippen LogP contribution is 2.23. The number of carbonyl (C=O) groups is 2. The number of nitrogens with zero attached hydrogens (tertiary/aromatic N) is 3. The van der Waals surface area contributed by atoms with E-state index in [0.717, 1.165) is 33.6 Å². The van der Waals surface area contributed by atoms with E-state index in [1.54, 1.807) is 53.3 Å². The van der Waals surface area contributed by atoms with E-state index in [4.69, 9.17) is 10.00 Å². The Morgan fingerprint density at radius 3 is 2.55 bits per heavy atom. The number of aromatic nitrogens is 2. The molecule has 0 saturated carbocycles. The smallest absolute Gasteiger partial charge is 0.338 e. The van der Waals surface area contributed by atoms with Crippen molar-refractivity contribution in [1.82, 2.24) is 9.78 Å². The first-order chi connectivity index (χ1) is 14.0. The van der Waals surface area contributed by atoms with Crippen molar-refractivity contribution in [3.63, 3.8) is 0 Å². The number of aryl methyl sites for hydroxylation is 2. The summed E-state index contributed by atoms with van der Waals surface area (Å²) in [4.78, 5) is 25.1. The van der Waals surface area contributed by atoms with Crippen molar-refractivity contribution in [2.24, 2.45) is 0 Å². The largest absolute Gasteiger partial charge is 0.452 e. The van der Waals surface area contributed by atoms with Gasteiger partial charge in [0.2, 0.25) is 0 Å². The number of esters is 1. The molecule has 0 saturated heterocycles. The topological polar surface area (TPSA) is 97.0 Å². The summed E-state index contributed by atoms with van der Waals surface area (Å²) in [6.07, 6.45) is 1.70. The summed E-state index contributed by atoms with van der Waals surface area (Å²) < 4.78 is 6.85. The third-order valence-corrected chi connectivity index (χ3v) is 4.73. The predicted molar refractivity (Wildman–Crippen MR) is 110 cm³/mol. The van der Waals surface area contributed by atoms with Gasteiger partial charge in [-0.25, -0.2) is 9.48 Å². The minimum absolute atomic E-state index is 0.348. The zero-order valence-electron chi connectivity index (χ0n) is 15.9. The van der Waals surface area contributed by atoms with Crippen LogP contribution in [0.1, 0.15) is 21.6 Å². The molecule has 2 aromatic carbocycles. The van der Waals surface area contributed by atoms with Gasteiger partial charge in [-0.2, -0.15) is 10.4 Å². The molecule has 3 aromatic rings. The Labute approximate surface area is 172 Å². The van der Waals surface area contributed by atoms with Gasteiger partial charge in [0.05, 0.1) is 11.3 Å². The molecule has 1 N–H and O–H groups in total. The van der Waals surface area contributed by atoms with Crippen molar-refractivity contribution < 1.29 is 14.3 Å². The highest BCUT2D eigenvalue weighted by Gasteiger charge is 2.12. The van der Waals surface area contributed by atoms with Crippen LogP contribution in [0.3, 0.4) is 0 Å². The minimum atomic E-state index is -0.582. The van der Waals surface area contributed by atoms with Crippen LogP contribution in [0.5, 0.6) is 0 Å². The molecule has 0 fully saturated rings. The summed E-state index contributed by atoms with van der Waals surface area (Å²) in [7, 11) is 0. The van der Waals surface area contributed by atoms with Crippen LogP contribution < -0.4 is 5.32 Å². The van der Waals surface area contributed by atoms with Crippen molar-refractivity contribution in [3.05, 3.63) is 71.5 Å². The minimum Gasteiger partial charge on any atom is -0.452 e. The van der Waals surface area contributed by atoms with Gasteiger partial charge in [-0.3, -0.25) is 4.79 Å². The van der Waals surface area contributed by atoms with E-state index >= 15 is 0 Å². The number of rotatable bonds is 6. The zero-order valence-corrected chi connectivity index (χ0v) is 16.7. The zero-order chi connectivity index (χ0) is 20.8. The molecule has 0 aliphatic heterocycles. The molecule has 29 heavy (non-hydrogen) atoms. The second-order valence-corrected chi connectivity index (χ2v) is 7.08. The number of thiocyanates is 1. The molecule has 0 atom stereocenters. The monoisotopic (exact) mass is 406 g/mol. The van der Waals surface area contributed by atoms with Gasteiger partial charge in [0.1, 0.15) is 5.40 Å². The molecule has 146 valence electrons. The van der Waals surface area contributed by atoms with E-state index in [-0.39, 0.29) is 0 Å². The molecule has 0 radical (unpaired) electrons. The third kappa shape index (κ3) is 5.03. The number of nitrogens with one attached hydrogen (secondary N) is 1. The van der Waals surface area contributed by atoms with Crippen molar-refractivity contribution >= 4 is 29.3 Å². The maximum atomic E-state index is 12.2. The molecule has 3 rings (SSSR count). The highest BCUT2D eigenvalue weighted by atomic mass is 32.2. The first kappa shape index (κ1) is 20.2. The van der Waals surface area contributed by atoms with Crippen molar-refractivity contribution in [1.29, 1.82) is 5.26 Å². The third-order valence-electron chi connectivity index (χ3n) is 4.15. The number of hydrogen-bond acceptors (Lipinski definition) is 6. The van der Waals surface area contributed by atoms with Crippen LogP contribution >= 0.6 is 11.8 Å². The number of benzene rings is 2. The quantitative estimate of drug-likeness (QED) is 0.379. The van der Waals surface area contributed by atoms with Crippen molar-refractivity contribution in [3.8, 4) is 11.1 Å². The first-order valence-corrected chi connectivity index (χ1v) is 9.54. The fourth-order valence-electron chi connectivity index (χ4n) is 2.67. The van der Waals surface area contributed by atoms with Gasteiger partial charge < -0.3 is 10.1 Å². The van der Waals surface area contributed by atoms with E-state index in [9.17, 15) is 9.59 Å². The Morgan fingerprint density at radius 2 is 1.93 bits per heavy atom. The summed E-state index contributed by atoms with van der Waals surface area (Å²) in [5.41, 5.74) is 3.57. The Kier molecular flexibility index (Phi) is 6.32. The van der Waals surface area contributed by atoms with E-state index < -0.39 is 18.5 Å². The van der Waals surface area contributed by atoms with Gasteiger partial charge in [-0.1, -0.05) is 0 Å². The van der Waals surface area contributed by atoms with Gasteiger partial charge in [-0.05, 0) is 79.7 Å². The van der Waals surface area contributed by atoms with Crippen LogP contribution in [0.25, 0.3) is 5.69 Å². The Bertz CT molecular complexity index is 1080. The van der Waals surface area contributed by atoms with E-state index in [1.807, 2.05) is 25.3 Å². The SMILES string of the molecule is Cc1cc(SC#N)ccc1NC(=O)COC(=O)c1ccc(-n2nccc2C)cc1. The molecule has 8 heteroatoms. The molecule has 0 unspecified atom stereocenters. The van der Waals surface area contributed by atoms with Crippen LogP contribution in [-0.4, -0.2) is 28.3 Å². The van der Waals surface area contributed by atoms with Crippen LogP contribution in [0.2, 0.25) is 0 Å². The van der Waals surface area contributed by atoms with E-state index in [2.05, 4.69) is 10.4 Å². The number of nitriles is 1. The number of anilines is 1. The standard InChI is InChI=1S/C21H18N4O3S/c1-14-11-18(29-13-22)7-8-19(14)24-20(26)12-28-21(27)16-3-5-17(6-4-16)25-15(2)9-10-23-25/h3-11H,12H2,1-2H3,(H,24,26). The second-order valence-electron chi connectivity index (χ2n) is 6.23. The number of amides is 1. The van der Waals surface area contributed by atoms with Crippen molar-refractivity contribution in [2.75, 3.05) is 11.9 Å². The lowest BCUT2D eigenvalue weighted by Crippen LogP contribution is -2.21. The summed E-state index contributed by atoms with van der Waals surface area (Å²) in [5.74, 6) is -1.02. The molecule has 0 bridgehead atoms. The lowest BCUT2D eigenvalue weighted by atomic mass is 10.2. The Morgan fingerprint density at radius 1 is 1.17 bits per heavy atom. The lowest BCUT2D eigenvalue weighted by Gasteiger charge is -2.10. The van der Waals surface area contributed by atoms with Crippen molar-refractivity contribution in [2.45, 2.75) is 18.7 Å². The Hall–Kier alpha value is -3.57. The Balaban J connectivity index is 1.56. The molecule has 0 aliphatic rings. The molecule has 7 nitrogen and oxygen atoms in total. The van der Waals surface area contributed by atoms with Crippen LogP contribution in [-0.2, 0) is 9.53 Å². The molecular weight excluding hydrogens is 388 g/mol. The summed E-state index contributed by atoms with van der Waals surface area (Å²) >= 11 is 1.05. The first-order valence-electron chi connectivity index (χ1n) is 8.72. The van der Waals surface area contributed by atoms with E-state index in [0.29, 0.717) is 11.3 Å². The number of hydrogen-bond donors (Lipinski definition) is 1. The van der Waals surface area contributed by atoms with E-state index in [1.165, 1.54) is 0 Å². The van der Waals surface area contributed by atoms with Crippen LogP contribution in [0.15, 0.2) is 59.6 Å². The lowest BCUT2D eigenvalue weighted by molar-refractivity contribution is -0.119. The fourth-order valence-corrected chi connectivity index (χ4v) is 3.15. The summed E-state index contributed by atoms with van der Waals surface area (Å²) in [5, 5.41) is 17.6. The normalized spacial score (nSPS) is 10.2. The molecule has 1 aromatic heterocycles. The number of thioether (sulfide) groups is 1. The van der Waals surface area contributed by atoms with Gasteiger partial charge in [0.25, 0.3) is 5.91 Å². The molecule has 1 amide bonds. The fraction of sp³-hybridized carbons (Fsp3) is 0.143. The van der Waals surface area contributed by atoms with Crippen LogP contribution in [0, 0.1) is 24.5 Å². The van der Waals surface area contributed by atoms with Gasteiger partial charge in [0, 0.05) is 22.5 Å². The molecule has 0 aliphatic carbocycles. The van der Waals surface area contributed by atoms with Crippen LogP contribution in [0.4, 0.5) is 5.69 Å². The van der Waals surface area contributed by atoms with Gasteiger partial charge in [0.15, 0.2) is 6.61 Å². The highest BCUT2D eigenvalue weighted by molar-refractivity contribution is 8.03. The average Bonchev–Trinajstić information content (AvgIpc) is 3.14. The molecular formula is C21H18N4O3S.